The molecule has 5 nitrogen and oxygen atoms in total. The number of hydrogen-bond donors (Lipinski definition) is 1. The summed E-state index contributed by atoms with van der Waals surface area (Å²) in [7, 11) is 1.59. The zero-order valence-corrected chi connectivity index (χ0v) is 13.6. The van der Waals surface area contributed by atoms with Gasteiger partial charge in [0.05, 0.1) is 19.1 Å². The van der Waals surface area contributed by atoms with Gasteiger partial charge in [-0.25, -0.2) is 0 Å². The van der Waals surface area contributed by atoms with Gasteiger partial charge in [-0.05, 0) is 54.3 Å². The summed E-state index contributed by atoms with van der Waals surface area (Å²) in [6.07, 6.45) is 2.56. The van der Waals surface area contributed by atoms with E-state index in [2.05, 4.69) is 0 Å². The molecule has 0 amide bonds. The van der Waals surface area contributed by atoms with Crippen molar-refractivity contribution in [1.82, 2.24) is 4.57 Å². The number of pyridine rings is 1. The van der Waals surface area contributed by atoms with Crippen LogP contribution in [-0.4, -0.2) is 18.3 Å². The zero-order chi connectivity index (χ0) is 16.9. The fourth-order valence-electron chi connectivity index (χ4n) is 2.55. The van der Waals surface area contributed by atoms with Crippen LogP contribution < -0.4 is 20.8 Å². The Morgan fingerprint density at radius 2 is 1.79 bits per heavy atom. The number of rotatable bonds is 6. The summed E-state index contributed by atoms with van der Waals surface area (Å²) in [5, 5.41) is 1.58. The zero-order valence-electron chi connectivity index (χ0n) is 13.6. The second-order valence-corrected chi connectivity index (χ2v) is 5.54. The van der Waals surface area contributed by atoms with E-state index < -0.39 is 0 Å². The van der Waals surface area contributed by atoms with E-state index in [1.54, 1.807) is 29.9 Å². The van der Waals surface area contributed by atoms with E-state index in [1.807, 2.05) is 36.5 Å². The molecular weight excluding hydrogens is 304 g/mol. The van der Waals surface area contributed by atoms with Gasteiger partial charge in [0.1, 0.15) is 11.5 Å². The van der Waals surface area contributed by atoms with Crippen LogP contribution >= 0.6 is 0 Å². The quantitative estimate of drug-likeness (QED) is 0.559. The molecule has 0 spiro atoms. The molecule has 24 heavy (non-hydrogen) atoms. The van der Waals surface area contributed by atoms with Crippen LogP contribution in [0.2, 0.25) is 0 Å². The third-order valence-corrected chi connectivity index (χ3v) is 3.88. The van der Waals surface area contributed by atoms with E-state index >= 15 is 0 Å². The second kappa shape index (κ2) is 7.08. The van der Waals surface area contributed by atoms with Gasteiger partial charge in [0.25, 0.3) is 5.56 Å². The summed E-state index contributed by atoms with van der Waals surface area (Å²) in [6, 6.07) is 14.7. The lowest BCUT2D eigenvalue weighted by atomic mass is 10.1. The molecule has 0 unspecified atom stereocenters. The maximum atomic E-state index is 12.6. The number of anilines is 1. The molecule has 0 aliphatic carbocycles. The van der Waals surface area contributed by atoms with Crippen molar-refractivity contribution in [2.24, 2.45) is 0 Å². The molecule has 3 rings (SSSR count). The largest absolute Gasteiger partial charge is 0.497 e. The van der Waals surface area contributed by atoms with Crippen LogP contribution in [0.3, 0.4) is 0 Å². The molecule has 0 aliphatic rings. The summed E-state index contributed by atoms with van der Waals surface area (Å²) in [4.78, 5) is 12.6. The first kappa shape index (κ1) is 15.9. The van der Waals surface area contributed by atoms with Gasteiger partial charge in [-0.3, -0.25) is 4.79 Å². The van der Waals surface area contributed by atoms with Gasteiger partial charge in [0.15, 0.2) is 0 Å². The first-order valence-electron chi connectivity index (χ1n) is 7.83. The second-order valence-electron chi connectivity index (χ2n) is 5.54. The van der Waals surface area contributed by atoms with Gasteiger partial charge in [0, 0.05) is 18.4 Å². The number of aryl methyl sites for hydroxylation is 1. The Bertz CT molecular complexity index is 885. The normalized spacial score (nSPS) is 10.7. The Hall–Kier alpha value is -2.95. The number of ether oxygens (including phenoxy) is 2. The lowest BCUT2D eigenvalue weighted by molar-refractivity contribution is 0.301. The lowest BCUT2D eigenvalue weighted by Gasteiger charge is -2.09. The van der Waals surface area contributed by atoms with Crippen LogP contribution in [0.4, 0.5) is 5.69 Å². The van der Waals surface area contributed by atoms with Crippen molar-refractivity contribution in [1.29, 1.82) is 0 Å². The number of methoxy groups -OCH3 is 1. The Kier molecular flexibility index (Phi) is 4.70. The van der Waals surface area contributed by atoms with Crippen molar-refractivity contribution in [2.45, 2.75) is 13.0 Å². The van der Waals surface area contributed by atoms with Crippen molar-refractivity contribution in [3.8, 4) is 11.5 Å². The number of aromatic nitrogens is 1. The number of nitrogens with two attached hydrogens (primary N) is 1. The molecule has 5 heteroatoms. The molecule has 124 valence electrons. The van der Waals surface area contributed by atoms with Gasteiger partial charge in [-0.1, -0.05) is 6.07 Å². The van der Waals surface area contributed by atoms with E-state index in [0.29, 0.717) is 30.0 Å². The molecule has 1 aromatic heterocycles. The highest BCUT2D eigenvalue weighted by Crippen LogP contribution is 2.17. The van der Waals surface area contributed by atoms with Crippen LogP contribution in [0.5, 0.6) is 11.5 Å². The minimum absolute atomic E-state index is 0.0149. The van der Waals surface area contributed by atoms with E-state index in [9.17, 15) is 4.79 Å². The van der Waals surface area contributed by atoms with E-state index in [1.165, 1.54) is 0 Å². The molecule has 0 atom stereocenters. The van der Waals surface area contributed by atoms with Crippen LogP contribution in [0.15, 0.2) is 59.5 Å². The average molecular weight is 324 g/mol. The number of benzene rings is 2. The summed E-state index contributed by atoms with van der Waals surface area (Å²) in [6.45, 7) is 1.13. The molecule has 0 aliphatic heterocycles. The molecular formula is C19H20N2O3. The van der Waals surface area contributed by atoms with Crippen LogP contribution in [0, 0.1) is 0 Å². The van der Waals surface area contributed by atoms with Crippen molar-refractivity contribution in [2.75, 3.05) is 19.5 Å². The standard InChI is InChI=1S/C19H20N2O3/c1-23-17-6-3-14-9-11-21(19(22)18(14)13-17)10-2-12-24-16-7-4-15(20)5-8-16/h3-9,11,13H,2,10,12,20H2,1H3. The third kappa shape index (κ3) is 3.51. The maximum Gasteiger partial charge on any atom is 0.258 e. The topological polar surface area (TPSA) is 66.5 Å². The van der Waals surface area contributed by atoms with Crippen LogP contribution in [0.25, 0.3) is 10.8 Å². The van der Waals surface area contributed by atoms with Crippen molar-refractivity contribution in [3.63, 3.8) is 0 Å². The van der Waals surface area contributed by atoms with Gasteiger partial charge in [-0.15, -0.1) is 0 Å². The smallest absolute Gasteiger partial charge is 0.258 e. The van der Waals surface area contributed by atoms with Crippen LogP contribution in [-0.2, 0) is 6.54 Å². The Balaban J connectivity index is 1.65. The number of nitrogen functional groups attached to an aromatic ring is 1. The number of fused-ring (bicyclic) bond motifs is 1. The molecule has 3 aromatic rings. The van der Waals surface area contributed by atoms with Crippen LogP contribution in [0.1, 0.15) is 6.42 Å². The number of hydrogen-bond acceptors (Lipinski definition) is 4. The molecule has 0 bridgehead atoms. The van der Waals surface area contributed by atoms with Crippen molar-refractivity contribution in [3.05, 3.63) is 65.1 Å². The molecule has 0 saturated carbocycles. The highest BCUT2D eigenvalue weighted by atomic mass is 16.5. The summed E-state index contributed by atoms with van der Waals surface area (Å²) in [5.41, 5.74) is 6.33. The van der Waals surface area contributed by atoms with Crippen molar-refractivity contribution >= 4 is 16.5 Å². The van der Waals surface area contributed by atoms with Gasteiger partial charge < -0.3 is 19.8 Å². The molecule has 0 saturated heterocycles. The first-order valence-corrected chi connectivity index (χ1v) is 7.83. The monoisotopic (exact) mass is 324 g/mol. The molecule has 0 fully saturated rings. The fraction of sp³-hybridized carbons (Fsp3) is 0.211. The average Bonchev–Trinajstić information content (AvgIpc) is 2.61. The van der Waals surface area contributed by atoms with Gasteiger partial charge in [-0.2, -0.15) is 0 Å². The predicted molar refractivity (Wildman–Crippen MR) is 95.7 cm³/mol. The summed E-state index contributed by atoms with van der Waals surface area (Å²) < 4.78 is 12.6. The molecule has 2 aromatic carbocycles. The third-order valence-electron chi connectivity index (χ3n) is 3.88. The Labute approximate surface area is 140 Å². The molecule has 0 radical (unpaired) electrons. The Morgan fingerprint density at radius 3 is 2.54 bits per heavy atom. The van der Waals surface area contributed by atoms with Gasteiger partial charge in [0.2, 0.25) is 0 Å². The minimum Gasteiger partial charge on any atom is -0.497 e. The SMILES string of the molecule is COc1ccc2ccn(CCCOc3ccc(N)cc3)c(=O)c2c1. The van der Waals surface area contributed by atoms with E-state index in [-0.39, 0.29) is 5.56 Å². The highest BCUT2D eigenvalue weighted by Gasteiger charge is 2.04. The summed E-state index contributed by atoms with van der Waals surface area (Å²) in [5.74, 6) is 1.46. The van der Waals surface area contributed by atoms with E-state index in [0.717, 1.165) is 17.6 Å². The molecule has 1 heterocycles. The predicted octanol–water partition coefficient (Wildman–Crippen LogP) is 3.06. The minimum atomic E-state index is -0.0149. The fourth-order valence-corrected chi connectivity index (χ4v) is 2.55. The number of nitrogens with zero attached hydrogens (tertiary/aromatic N) is 1. The van der Waals surface area contributed by atoms with E-state index in [4.69, 9.17) is 15.2 Å². The highest BCUT2D eigenvalue weighted by molar-refractivity contribution is 5.82. The first-order chi connectivity index (χ1) is 11.7. The van der Waals surface area contributed by atoms with Gasteiger partial charge >= 0.3 is 0 Å². The van der Waals surface area contributed by atoms with Crippen molar-refractivity contribution < 1.29 is 9.47 Å². The Morgan fingerprint density at radius 1 is 1.04 bits per heavy atom. The molecule has 2 N–H and O–H groups in total. The lowest BCUT2D eigenvalue weighted by Crippen LogP contribution is -2.20. The maximum absolute atomic E-state index is 12.6. The summed E-state index contributed by atoms with van der Waals surface area (Å²) >= 11 is 0.